The molecule has 0 saturated heterocycles. The molecule has 0 aromatic carbocycles. The molecule has 3 heteroatoms. The maximum atomic E-state index is 2.63. The largest absolute Gasteiger partial charge is 0.461 e. The Bertz CT molecular complexity index is 107. The van der Waals surface area contributed by atoms with Crippen LogP contribution in [0, 0.1) is 0 Å². The molecule has 0 bridgehead atoms. The minimum absolute atomic E-state index is 0.262. The summed E-state index contributed by atoms with van der Waals surface area (Å²) in [6, 6.07) is 0. The Labute approximate surface area is 85.7 Å². The molecule has 0 spiro atoms. The molecule has 0 atom stereocenters. The topological polar surface area (TPSA) is 0 Å². The van der Waals surface area contributed by atoms with Gasteiger partial charge in [0.1, 0.15) is 0 Å². The SMILES string of the molecule is CC(C)(C)[Si](C)(C)[CH2][Mg][I]. The van der Waals surface area contributed by atoms with E-state index < -0.39 is 8.07 Å². The van der Waals surface area contributed by atoms with E-state index in [-0.39, 0.29) is 16.5 Å². The second kappa shape index (κ2) is 4.09. The van der Waals surface area contributed by atoms with Crippen LogP contribution in [0.2, 0.25) is 22.3 Å². The highest BCUT2D eigenvalue weighted by molar-refractivity contribution is 14.1. The van der Waals surface area contributed by atoms with E-state index in [9.17, 15) is 0 Å². The number of hydrogen-bond acceptors (Lipinski definition) is 0. The first-order valence-electron chi connectivity index (χ1n) is 3.87. The van der Waals surface area contributed by atoms with Crippen molar-refractivity contribution < 1.29 is 0 Å². The first-order valence-corrected chi connectivity index (χ1v) is 13.2. The predicted molar refractivity (Wildman–Crippen MR) is 61.8 cm³/mol. The zero-order valence-corrected chi connectivity index (χ0v) is 12.4. The Morgan fingerprint density at radius 1 is 1.30 bits per heavy atom. The molecule has 0 aromatic heterocycles. The third kappa shape index (κ3) is 3.41. The van der Waals surface area contributed by atoms with Gasteiger partial charge in [-0.25, -0.2) is 0 Å². The van der Waals surface area contributed by atoms with Gasteiger partial charge in [0.2, 0.25) is 0 Å². The summed E-state index contributed by atoms with van der Waals surface area (Å²) < 4.78 is 1.59. The van der Waals surface area contributed by atoms with Crippen LogP contribution in [0.25, 0.3) is 0 Å². The minimum Gasteiger partial charge on any atom is -0.301 e. The molecule has 0 aliphatic rings. The van der Waals surface area contributed by atoms with Gasteiger partial charge in [-0.05, 0) is 5.04 Å². The molecule has 0 radical (unpaired) electrons. The third-order valence-corrected chi connectivity index (χ3v) is 17.4. The summed E-state index contributed by atoms with van der Waals surface area (Å²) in [5.74, 6) is 0. The molecule has 0 aliphatic heterocycles. The van der Waals surface area contributed by atoms with E-state index in [0.717, 1.165) is 0 Å². The average molecular weight is 281 g/mol. The fraction of sp³-hybridized carbons (Fsp3) is 1.00. The Morgan fingerprint density at radius 3 is 1.80 bits per heavy atom. The first-order chi connectivity index (χ1) is 4.31. The summed E-state index contributed by atoms with van der Waals surface area (Å²) >= 11 is 2.89. The second-order valence-electron chi connectivity index (χ2n) is 4.57. The van der Waals surface area contributed by atoms with Gasteiger partial charge in [0.15, 0.2) is 0 Å². The van der Waals surface area contributed by atoms with Crippen molar-refractivity contribution in [3.8, 4) is 0 Å². The van der Waals surface area contributed by atoms with E-state index in [1.54, 1.807) is 4.17 Å². The van der Waals surface area contributed by atoms with Gasteiger partial charge in [-0.15, -0.1) is 4.17 Å². The molecular formula is C7H17IMgSi. The molecular weight excluding hydrogens is 263 g/mol. The maximum absolute atomic E-state index is 2.63. The molecule has 0 heterocycles. The van der Waals surface area contributed by atoms with Crippen molar-refractivity contribution in [2.75, 3.05) is 0 Å². The Morgan fingerprint density at radius 2 is 1.70 bits per heavy atom. The van der Waals surface area contributed by atoms with Gasteiger partial charge in [-0.3, -0.25) is 0 Å². The molecule has 0 amide bonds. The molecule has 0 aliphatic carbocycles. The van der Waals surface area contributed by atoms with E-state index in [1.807, 2.05) is 0 Å². The Balaban J connectivity index is 4.10. The Hall–Kier alpha value is 1.71. The predicted octanol–water partition coefficient (Wildman–Crippen LogP) is 3.51. The molecule has 0 unspecified atom stereocenters. The van der Waals surface area contributed by atoms with Crippen LogP contribution < -0.4 is 0 Å². The van der Waals surface area contributed by atoms with Crippen LogP contribution in [0.5, 0.6) is 0 Å². The molecule has 58 valence electrons. The van der Waals surface area contributed by atoms with Crippen LogP contribution in [-0.2, 0) is 0 Å². The van der Waals surface area contributed by atoms with Gasteiger partial charge < -0.3 is 18.9 Å². The van der Waals surface area contributed by atoms with E-state index in [0.29, 0.717) is 5.04 Å². The number of hydrogen-bond donors (Lipinski definition) is 0. The fourth-order valence-electron chi connectivity index (χ4n) is 0.611. The molecule has 0 fully saturated rings. The monoisotopic (exact) mass is 280 g/mol. The van der Waals surface area contributed by atoms with Crippen molar-refractivity contribution in [2.24, 2.45) is 0 Å². The lowest BCUT2D eigenvalue weighted by Crippen LogP contribution is -2.37. The number of halogens is 1. The third-order valence-electron chi connectivity index (χ3n) is 2.75. The smallest absolute Gasteiger partial charge is 0.301 e. The van der Waals surface area contributed by atoms with Gasteiger partial charge >= 0.3 is 16.5 Å². The molecule has 0 rings (SSSR count). The first kappa shape index (κ1) is 11.7. The molecule has 0 N–H and O–H groups in total. The van der Waals surface area contributed by atoms with E-state index in [1.165, 1.54) is 0 Å². The van der Waals surface area contributed by atoms with Gasteiger partial charge in [0.05, 0.1) is 0 Å². The standard InChI is InChI=1S/C7H17Si.HI.Mg/c1-7(2,3)8(4,5)6;;/h4H2,1-3,5-6H3;1H;/q;;+1/p-1. The van der Waals surface area contributed by atoms with Crippen LogP contribution in [0.4, 0.5) is 0 Å². The quantitative estimate of drug-likeness (QED) is 0.536. The fourth-order valence-corrected chi connectivity index (χ4v) is 17.6. The normalized spacial score (nSPS) is 13.0. The van der Waals surface area contributed by atoms with Gasteiger partial charge in [-0.2, -0.15) is 0 Å². The van der Waals surface area contributed by atoms with E-state index in [2.05, 4.69) is 52.7 Å². The van der Waals surface area contributed by atoms with Crippen molar-refractivity contribution in [3.05, 3.63) is 0 Å². The van der Waals surface area contributed by atoms with Crippen LogP contribution >= 0.6 is 18.9 Å². The minimum atomic E-state index is -0.851. The molecule has 10 heavy (non-hydrogen) atoms. The Kier molecular flexibility index (Phi) is 4.79. The van der Waals surface area contributed by atoms with Gasteiger partial charge in [-0.1, -0.05) is 33.9 Å². The summed E-state index contributed by atoms with van der Waals surface area (Å²) in [7, 11) is -0.851. The lowest BCUT2D eigenvalue weighted by molar-refractivity contribution is 0.722. The highest BCUT2D eigenvalue weighted by atomic mass is 127. The molecule has 0 saturated carbocycles. The van der Waals surface area contributed by atoms with Gasteiger partial charge in [0, 0.05) is 8.07 Å². The van der Waals surface area contributed by atoms with E-state index in [4.69, 9.17) is 0 Å². The van der Waals surface area contributed by atoms with Crippen molar-refractivity contribution >= 4 is 43.4 Å². The van der Waals surface area contributed by atoms with Crippen molar-refractivity contribution in [1.82, 2.24) is 0 Å². The van der Waals surface area contributed by atoms with Crippen LogP contribution in [-0.4, -0.2) is 24.6 Å². The molecule has 0 aromatic rings. The summed E-state index contributed by atoms with van der Waals surface area (Å²) in [6.45, 7) is 12.3. The summed E-state index contributed by atoms with van der Waals surface area (Å²) in [5.41, 5.74) is 0. The lowest BCUT2D eigenvalue weighted by Gasteiger charge is -2.37. The number of rotatable bonds is 2. The van der Waals surface area contributed by atoms with Crippen molar-refractivity contribution in [1.29, 1.82) is 0 Å². The highest BCUT2D eigenvalue weighted by Gasteiger charge is 2.33. The van der Waals surface area contributed by atoms with Gasteiger partial charge in [0.25, 0.3) is 0 Å². The highest BCUT2D eigenvalue weighted by Crippen LogP contribution is 2.38. The zero-order valence-electron chi connectivity index (χ0n) is 7.79. The summed E-state index contributed by atoms with van der Waals surface area (Å²) in [4.78, 5) is 0. The van der Waals surface area contributed by atoms with E-state index >= 15 is 0 Å². The van der Waals surface area contributed by atoms with Crippen LogP contribution in [0.1, 0.15) is 20.8 Å². The summed E-state index contributed by atoms with van der Waals surface area (Å²) in [6.07, 6.45) is 0. The van der Waals surface area contributed by atoms with Crippen molar-refractivity contribution in [3.63, 3.8) is 0 Å². The second-order valence-corrected chi connectivity index (χ2v) is 15.5. The molecule has 0 nitrogen and oxygen atoms in total. The lowest BCUT2D eigenvalue weighted by atomic mass is 10.2. The maximum Gasteiger partial charge on any atom is 0.461 e. The zero-order chi connectivity index (χ0) is 8.41. The average Bonchev–Trinajstić information content (AvgIpc) is 1.61. The summed E-state index contributed by atoms with van der Waals surface area (Å²) in [5, 5.41) is 0.616. The van der Waals surface area contributed by atoms with Crippen LogP contribution in [0.15, 0.2) is 0 Å². The van der Waals surface area contributed by atoms with Crippen molar-refractivity contribution in [2.45, 2.75) is 43.1 Å². The van der Waals surface area contributed by atoms with Crippen LogP contribution in [0.3, 0.4) is 0 Å².